The summed E-state index contributed by atoms with van der Waals surface area (Å²) in [7, 11) is 0. The third kappa shape index (κ3) is 9.13. The quantitative estimate of drug-likeness (QED) is 0.488. The number of aliphatic carboxylic acids is 2. The average Bonchev–Trinajstić information content (AvgIpc) is 2.68. The van der Waals surface area contributed by atoms with Gasteiger partial charge in [-0.05, 0) is 38.4 Å². The minimum absolute atomic E-state index is 0.00413. The number of rotatable bonds is 6. The van der Waals surface area contributed by atoms with Crippen molar-refractivity contribution in [3.05, 3.63) is 30.3 Å². The number of carbonyl (C=O) groups is 4. The van der Waals surface area contributed by atoms with Crippen LogP contribution >= 0.6 is 0 Å². The molecule has 1 aromatic carbocycles. The molecule has 1 saturated heterocycles. The summed E-state index contributed by atoms with van der Waals surface area (Å²) in [5.41, 5.74) is 0.815. The molecule has 9 nitrogen and oxygen atoms in total. The number of likely N-dealkylation sites (tertiary alicyclic amines) is 1. The predicted molar refractivity (Wildman–Crippen MR) is 101 cm³/mol. The number of anilines is 1. The van der Waals surface area contributed by atoms with E-state index >= 15 is 0 Å². The summed E-state index contributed by atoms with van der Waals surface area (Å²) in [4.78, 5) is 44.1. The molecule has 3 N–H and O–H groups in total. The fraction of sp³-hybridized carbons (Fsp3) is 0.474. The fourth-order valence-electron chi connectivity index (χ4n) is 2.72. The van der Waals surface area contributed by atoms with Gasteiger partial charge in [0.15, 0.2) is 0 Å². The zero-order chi connectivity index (χ0) is 20.9. The highest BCUT2D eigenvalue weighted by Gasteiger charge is 2.26. The lowest BCUT2D eigenvalue weighted by molar-refractivity contribution is -0.159. The lowest BCUT2D eigenvalue weighted by Crippen LogP contribution is -2.40. The van der Waals surface area contributed by atoms with Crippen molar-refractivity contribution in [1.29, 1.82) is 0 Å². The van der Waals surface area contributed by atoms with Crippen LogP contribution in [0.4, 0.5) is 5.69 Å². The summed E-state index contributed by atoms with van der Waals surface area (Å²) in [6.07, 6.45) is 2.29. The predicted octanol–water partition coefficient (Wildman–Crippen LogP) is 1.45. The largest absolute Gasteiger partial charge is 0.473 e. The van der Waals surface area contributed by atoms with E-state index in [-0.39, 0.29) is 17.8 Å². The van der Waals surface area contributed by atoms with Crippen LogP contribution in [0.15, 0.2) is 30.3 Å². The van der Waals surface area contributed by atoms with E-state index in [4.69, 9.17) is 24.5 Å². The number of nitrogens with one attached hydrogen (secondary N) is 1. The number of hydrogen-bond donors (Lipinski definition) is 3. The van der Waals surface area contributed by atoms with Crippen molar-refractivity contribution < 1.29 is 34.1 Å². The van der Waals surface area contributed by atoms with Gasteiger partial charge in [-0.15, -0.1) is 0 Å². The summed E-state index contributed by atoms with van der Waals surface area (Å²) in [5, 5.41) is 17.7. The Balaban J connectivity index is 0.000000568. The van der Waals surface area contributed by atoms with Gasteiger partial charge in [-0.25, -0.2) is 9.59 Å². The summed E-state index contributed by atoms with van der Waals surface area (Å²) in [6, 6.07) is 9.44. The molecule has 0 saturated carbocycles. The number of esters is 1. The normalized spacial score (nSPS) is 16.2. The molecular formula is C19H26N2O7. The molecule has 0 spiro atoms. The van der Waals surface area contributed by atoms with Crippen LogP contribution < -0.4 is 5.32 Å². The topological polar surface area (TPSA) is 133 Å². The van der Waals surface area contributed by atoms with Gasteiger partial charge in [0.1, 0.15) is 0 Å². The molecule has 0 bridgehead atoms. The molecule has 1 fully saturated rings. The maximum Gasteiger partial charge on any atom is 0.414 e. The van der Waals surface area contributed by atoms with Crippen LogP contribution in [0.5, 0.6) is 0 Å². The first kappa shape index (κ1) is 23.1. The third-order valence-electron chi connectivity index (χ3n) is 4.02. The van der Waals surface area contributed by atoms with E-state index in [1.54, 1.807) is 0 Å². The van der Waals surface area contributed by atoms with Crippen molar-refractivity contribution in [2.45, 2.75) is 26.2 Å². The van der Waals surface area contributed by atoms with Crippen LogP contribution in [0, 0.1) is 5.92 Å². The maximum atomic E-state index is 11.9. The molecule has 1 aliphatic heterocycles. The van der Waals surface area contributed by atoms with Gasteiger partial charge in [0.05, 0.1) is 12.5 Å². The molecule has 1 amide bonds. The second-order valence-corrected chi connectivity index (χ2v) is 6.17. The molecule has 1 unspecified atom stereocenters. The summed E-state index contributed by atoms with van der Waals surface area (Å²) in [5.74, 6) is -3.80. The number of carbonyl (C=O) groups excluding carboxylic acids is 2. The number of carboxylic acid groups (broad SMARTS) is 2. The minimum Gasteiger partial charge on any atom is -0.473 e. The highest BCUT2D eigenvalue weighted by molar-refractivity contribution is 6.27. The molecule has 28 heavy (non-hydrogen) atoms. The minimum atomic E-state index is -1.82. The number of amides is 1. The Labute approximate surface area is 163 Å². The van der Waals surface area contributed by atoms with Gasteiger partial charge in [0.2, 0.25) is 5.91 Å². The Kier molecular flexibility index (Phi) is 10.3. The van der Waals surface area contributed by atoms with Crippen LogP contribution in [-0.2, 0) is 23.9 Å². The molecule has 154 valence electrons. The van der Waals surface area contributed by atoms with Gasteiger partial charge >= 0.3 is 17.9 Å². The van der Waals surface area contributed by atoms with Gasteiger partial charge in [0, 0.05) is 25.2 Å². The number of para-hydroxylation sites is 1. The van der Waals surface area contributed by atoms with E-state index in [0.717, 1.165) is 25.1 Å². The van der Waals surface area contributed by atoms with Crippen molar-refractivity contribution in [3.63, 3.8) is 0 Å². The smallest absolute Gasteiger partial charge is 0.414 e. The van der Waals surface area contributed by atoms with E-state index in [1.165, 1.54) is 0 Å². The molecule has 2 rings (SSSR count). The lowest BCUT2D eigenvalue weighted by atomic mass is 9.98. The first-order valence-corrected chi connectivity index (χ1v) is 9.03. The van der Waals surface area contributed by atoms with Crippen molar-refractivity contribution in [3.8, 4) is 0 Å². The first-order valence-electron chi connectivity index (χ1n) is 9.03. The first-order chi connectivity index (χ1) is 13.3. The second kappa shape index (κ2) is 12.4. The van der Waals surface area contributed by atoms with Crippen molar-refractivity contribution in [1.82, 2.24) is 4.90 Å². The van der Waals surface area contributed by atoms with Crippen LogP contribution in [0.25, 0.3) is 0 Å². The molecule has 1 aromatic rings. The molecule has 9 heteroatoms. The highest BCUT2D eigenvalue weighted by Crippen LogP contribution is 2.18. The molecule has 1 atom stereocenters. The summed E-state index contributed by atoms with van der Waals surface area (Å²) < 4.78 is 5.09. The van der Waals surface area contributed by atoms with Gasteiger partial charge < -0.3 is 25.2 Å². The van der Waals surface area contributed by atoms with Crippen LogP contribution in [0.3, 0.4) is 0 Å². The molecule has 1 aliphatic rings. The van der Waals surface area contributed by atoms with Crippen molar-refractivity contribution in [2.75, 3.05) is 31.6 Å². The Morgan fingerprint density at radius 1 is 1.14 bits per heavy atom. The summed E-state index contributed by atoms with van der Waals surface area (Å²) >= 11 is 0. The van der Waals surface area contributed by atoms with Crippen LogP contribution in [-0.4, -0.2) is 65.2 Å². The van der Waals surface area contributed by atoms with Crippen molar-refractivity contribution >= 4 is 29.5 Å². The summed E-state index contributed by atoms with van der Waals surface area (Å²) in [6.45, 7) is 4.56. The number of carboxylic acids is 2. The zero-order valence-electron chi connectivity index (χ0n) is 15.8. The number of piperidine rings is 1. The van der Waals surface area contributed by atoms with Gasteiger partial charge in [-0.3, -0.25) is 9.59 Å². The van der Waals surface area contributed by atoms with E-state index in [1.807, 2.05) is 37.3 Å². The molecule has 1 heterocycles. The highest BCUT2D eigenvalue weighted by atomic mass is 16.5. The number of benzene rings is 1. The van der Waals surface area contributed by atoms with Crippen molar-refractivity contribution in [2.24, 2.45) is 5.92 Å². The maximum absolute atomic E-state index is 11.9. The Bertz CT molecular complexity index is 652. The number of hydrogen-bond acceptors (Lipinski definition) is 6. The number of nitrogens with zero attached hydrogens (tertiary/aromatic N) is 1. The zero-order valence-corrected chi connectivity index (χ0v) is 15.8. The standard InChI is InChI=1S/C17H24N2O3.C2H2O4/c1-2-22-17(21)14-7-6-11-19(13-14)12-10-16(20)18-15-8-4-3-5-9-15;3-1(4)2(5)6/h3-5,8-9,14H,2,6-7,10-13H2,1H3,(H,18,20);(H,3,4)(H,5,6). The Morgan fingerprint density at radius 2 is 1.79 bits per heavy atom. The van der Waals surface area contributed by atoms with E-state index in [0.29, 0.717) is 26.1 Å². The fourth-order valence-corrected chi connectivity index (χ4v) is 2.72. The molecule has 0 aromatic heterocycles. The van der Waals surface area contributed by atoms with E-state index in [2.05, 4.69) is 10.2 Å². The third-order valence-corrected chi connectivity index (χ3v) is 4.02. The van der Waals surface area contributed by atoms with E-state index in [9.17, 15) is 9.59 Å². The Hall–Kier alpha value is -2.94. The number of ether oxygens (including phenoxy) is 1. The molecular weight excluding hydrogens is 368 g/mol. The molecule has 0 aliphatic carbocycles. The monoisotopic (exact) mass is 394 g/mol. The van der Waals surface area contributed by atoms with Crippen LogP contribution in [0.1, 0.15) is 26.2 Å². The van der Waals surface area contributed by atoms with Gasteiger partial charge in [-0.1, -0.05) is 18.2 Å². The SMILES string of the molecule is CCOC(=O)C1CCCN(CCC(=O)Nc2ccccc2)C1.O=C(O)C(=O)O. The average molecular weight is 394 g/mol. The lowest BCUT2D eigenvalue weighted by Gasteiger charge is -2.31. The van der Waals surface area contributed by atoms with Crippen LogP contribution in [0.2, 0.25) is 0 Å². The van der Waals surface area contributed by atoms with Gasteiger partial charge in [0.25, 0.3) is 0 Å². The van der Waals surface area contributed by atoms with Gasteiger partial charge in [-0.2, -0.15) is 0 Å². The molecule has 0 radical (unpaired) electrons. The second-order valence-electron chi connectivity index (χ2n) is 6.17. The van der Waals surface area contributed by atoms with E-state index < -0.39 is 11.9 Å². The Morgan fingerprint density at radius 3 is 2.36 bits per heavy atom.